The van der Waals surface area contributed by atoms with E-state index in [4.69, 9.17) is 21.9 Å². The van der Waals surface area contributed by atoms with Gasteiger partial charge in [-0.15, -0.1) is 0 Å². The number of rotatable bonds is 8. The first kappa shape index (κ1) is 24.2. The molecule has 0 bridgehead atoms. The Bertz CT molecular complexity index is 1480. The number of benzene rings is 3. The molecular weight excluding hydrogens is 464 g/mol. The summed E-state index contributed by atoms with van der Waals surface area (Å²) in [6.07, 6.45) is 0. The standard InChI is InChI=1S/C25H24N6O5/c26-28-24(29-27)17-9-10-21-19(11-17)18-3-1-2-4-20(18)31(21)12-15-5-7-16(8-6-15)25(36)30(13-22(32)33)14-23(34)35/h1-11H,12-14,26-27H2,(H,28,29)(H,32,33)(H,34,35). The fourth-order valence-electron chi connectivity index (χ4n) is 4.21. The van der Waals surface area contributed by atoms with Crippen LogP contribution >= 0.6 is 0 Å². The lowest BCUT2D eigenvalue weighted by Gasteiger charge is -2.18. The number of nitrogens with two attached hydrogens (primary N) is 2. The minimum absolute atomic E-state index is 0.205. The molecule has 11 heteroatoms. The molecule has 1 aromatic heterocycles. The minimum Gasteiger partial charge on any atom is -0.480 e. The number of hydrogen-bond acceptors (Lipinski definition) is 6. The highest BCUT2D eigenvalue weighted by atomic mass is 16.4. The van der Waals surface area contributed by atoms with Crippen LogP contribution in [-0.4, -0.2) is 56.5 Å². The molecule has 0 unspecified atom stereocenters. The van der Waals surface area contributed by atoms with Crippen molar-refractivity contribution in [3.05, 3.63) is 83.4 Å². The van der Waals surface area contributed by atoms with Gasteiger partial charge in [0.25, 0.3) is 5.91 Å². The van der Waals surface area contributed by atoms with E-state index in [1.165, 1.54) is 0 Å². The third-order valence-electron chi connectivity index (χ3n) is 5.79. The first-order valence-electron chi connectivity index (χ1n) is 10.9. The average Bonchev–Trinajstić information content (AvgIpc) is 3.17. The van der Waals surface area contributed by atoms with E-state index in [1.54, 1.807) is 24.3 Å². The second kappa shape index (κ2) is 10.2. The number of hydrogen-bond donors (Lipinski definition) is 5. The zero-order chi connectivity index (χ0) is 25.8. The van der Waals surface area contributed by atoms with Crippen LogP contribution < -0.4 is 17.1 Å². The number of amidine groups is 1. The average molecular weight is 489 g/mol. The largest absolute Gasteiger partial charge is 0.480 e. The maximum absolute atomic E-state index is 12.7. The van der Waals surface area contributed by atoms with Crippen molar-refractivity contribution in [1.82, 2.24) is 14.9 Å². The fraction of sp³-hybridized carbons (Fsp3) is 0.120. The minimum atomic E-state index is -1.29. The Hall–Kier alpha value is -4.90. The third kappa shape index (κ3) is 4.81. The van der Waals surface area contributed by atoms with Gasteiger partial charge in [-0.3, -0.25) is 14.4 Å². The van der Waals surface area contributed by atoms with E-state index in [9.17, 15) is 14.4 Å². The fourth-order valence-corrected chi connectivity index (χ4v) is 4.21. The van der Waals surface area contributed by atoms with Crippen LogP contribution in [-0.2, 0) is 16.1 Å². The second-order valence-electron chi connectivity index (χ2n) is 8.10. The number of fused-ring (bicyclic) bond motifs is 3. The molecule has 0 fully saturated rings. The Morgan fingerprint density at radius 3 is 2.08 bits per heavy atom. The van der Waals surface area contributed by atoms with E-state index in [0.29, 0.717) is 12.4 Å². The Kier molecular flexibility index (Phi) is 6.84. The van der Waals surface area contributed by atoms with Gasteiger partial charge in [0, 0.05) is 39.5 Å². The maximum Gasteiger partial charge on any atom is 0.323 e. The van der Waals surface area contributed by atoms with Crippen LogP contribution in [0.2, 0.25) is 0 Å². The number of hydrazine groups is 1. The van der Waals surface area contributed by atoms with Gasteiger partial charge in [-0.2, -0.15) is 5.10 Å². The molecule has 0 spiro atoms. The van der Waals surface area contributed by atoms with Gasteiger partial charge in [0.2, 0.25) is 0 Å². The molecule has 0 radical (unpaired) electrons. The van der Waals surface area contributed by atoms with Crippen LogP contribution in [0.1, 0.15) is 21.5 Å². The quantitative estimate of drug-likeness (QED) is 0.107. The van der Waals surface area contributed by atoms with Crippen molar-refractivity contribution < 1.29 is 24.6 Å². The molecule has 1 heterocycles. The SMILES string of the molecule is NN=C(NN)c1ccc2c(c1)c1ccccc1n2Cc1ccc(C(=O)N(CC(=O)O)CC(=O)O)cc1. The lowest BCUT2D eigenvalue weighted by molar-refractivity contribution is -0.140. The molecule has 0 saturated heterocycles. The number of para-hydroxylation sites is 1. The predicted molar refractivity (Wildman–Crippen MR) is 134 cm³/mol. The first-order chi connectivity index (χ1) is 17.3. The maximum atomic E-state index is 12.7. The van der Waals surface area contributed by atoms with Gasteiger partial charge in [-0.05, 0) is 42.0 Å². The number of amides is 1. The van der Waals surface area contributed by atoms with Crippen LogP contribution in [0.25, 0.3) is 21.8 Å². The van der Waals surface area contributed by atoms with Crippen LogP contribution in [0.3, 0.4) is 0 Å². The number of aliphatic carboxylic acids is 2. The van der Waals surface area contributed by atoms with Gasteiger partial charge >= 0.3 is 11.9 Å². The molecule has 1 amide bonds. The summed E-state index contributed by atoms with van der Waals surface area (Å²) >= 11 is 0. The van der Waals surface area contributed by atoms with Crippen molar-refractivity contribution in [2.45, 2.75) is 6.54 Å². The predicted octanol–water partition coefficient (Wildman–Crippen LogP) is 1.54. The normalized spacial score (nSPS) is 11.5. The highest BCUT2D eigenvalue weighted by Crippen LogP contribution is 2.30. The van der Waals surface area contributed by atoms with E-state index in [1.807, 2.05) is 42.5 Å². The summed E-state index contributed by atoms with van der Waals surface area (Å²) in [5.74, 6) is 8.07. The number of carbonyl (C=O) groups is 3. The molecule has 11 nitrogen and oxygen atoms in total. The van der Waals surface area contributed by atoms with Crippen LogP contribution in [0, 0.1) is 0 Å². The molecule has 0 aliphatic heterocycles. The monoisotopic (exact) mass is 488 g/mol. The molecule has 7 N–H and O–H groups in total. The molecule has 36 heavy (non-hydrogen) atoms. The number of carboxylic acid groups (broad SMARTS) is 2. The lowest BCUT2D eigenvalue weighted by Crippen LogP contribution is -2.39. The molecule has 184 valence electrons. The summed E-state index contributed by atoms with van der Waals surface area (Å²) in [5.41, 5.74) is 6.32. The molecular formula is C25H24N6O5. The zero-order valence-electron chi connectivity index (χ0n) is 19.1. The summed E-state index contributed by atoms with van der Waals surface area (Å²) in [4.78, 5) is 35.6. The number of nitrogens with zero attached hydrogens (tertiary/aromatic N) is 3. The number of hydrazone groups is 1. The summed E-state index contributed by atoms with van der Waals surface area (Å²) in [7, 11) is 0. The van der Waals surface area contributed by atoms with Crippen molar-refractivity contribution in [2.24, 2.45) is 16.8 Å². The topological polar surface area (TPSA) is 176 Å². The van der Waals surface area contributed by atoms with Crippen LogP contribution in [0.15, 0.2) is 71.8 Å². The molecule has 0 saturated carbocycles. The summed E-state index contributed by atoms with van der Waals surface area (Å²) in [6.45, 7) is -0.905. The second-order valence-corrected chi connectivity index (χ2v) is 8.10. The van der Waals surface area contributed by atoms with Crippen molar-refractivity contribution in [2.75, 3.05) is 13.1 Å². The molecule has 4 aromatic rings. The Morgan fingerprint density at radius 1 is 0.861 bits per heavy atom. The molecule has 0 aliphatic carbocycles. The number of carbonyl (C=O) groups excluding carboxylic acids is 1. The highest BCUT2D eigenvalue weighted by Gasteiger charge is 2.21. The van der Waals surface area contributed by atoms with Gasteiger partial charge in [0.1, 0.15) is 13.1 Å². The Labute approximate surface area is 205 Å². The summed E-state index contributed by atoms with van der Waals surface area (Å²) in [6, 6.07) is 20.4. The van der Waals surface area contributed by atoms with E-state index < -0.39 is 30.9 Å². The molecule has 3 aromatic carbocycles. The molecule has 0 atom stereocenters. The van der Waals surface area contributed by atoms with Gasteiger partial charge in [-0.1, -0.05) is 30.3 Å². The van der Waals surface area contributed by atoms with Crippen molar-refractivity contribution >= 4 is 45.5 Å². The van der Waals surface area contributed by atoms with Crippen LogP contribution in [0.4, 0.5) is 0 Å². The number of nitrogens with one attached hydrogen (secondary N) is 1. The summed E-state index contributed by atoms with van der Waals surface area (Å²) in [5, 5.41) is 23.7. The first-order valence-corrected chi connectivity index (χ1v) is 10.9. The highest BCUT2D eigenvalue weighted by molar-refractivity contribution is 6.11. The van der Waals surface area contributed by atoms with Gasteiger partial charge in [0.15, 0.2) is 5.84 Å². The van der Waals surface area contributed by atoms with Gasteiger partial charge < -0.3 is 30.9 Å². The zero-order valence-corrected chi connectivity index (χ0v) is 19.1. The van der Waals surface area contributed by atoms with E-state index >= 15 is 0 Å². The Morgan fingerprint density at radius 2 is 1.47 bits per heavy atom. The van der Waals surface area contributed by atoms with E-state index in [-0.39, 0.29) is 5.56 Å². The molecule has 0 aliphatic rings. The lowest BCUT2D eigenvalue weighted by atomic mass is 10.1. The van der Waals surface area contributed by atoms with E-state index in [0.717, 1.165) is 37.8 Å². The summed E-state index contributed by atoms with van der Waals surface area (Å²) < 4.78 is 2.14. The van der Waals surface area contributed by atoms with Gasteiger partial charge in [-0.25, -0.2) is 5.84 Å². The van der Waals surface area contributed by atoms with Crippen molar-refractivity contribution in [1.29, 1.82) is 0 Å². The van der Waals surface area contributed by atoms with Crippen molar-refractivity contribution in [3.8, 4) is 0 Å². The smallest absolute Gasteiger partial charge is 0.323 e. The van der Waals surface area contributed by atoms with Gasteiger partial charge in [0.05, 0.1) is 0 Å². The van der Waals surface area contributed by atoms with E-state index in [2.05, 4.69) is 15.1 Å². The molecule has 4 rings (SSSR count). The number of carboxylic acids is 2. The third-order valence-corrected chi connectivity index (χ3v) is 5.79. The Balaban J connectivity index is 1.67. The van der Waals surface area contributed by atoms with Crippen molar-refractivity contribution in [3.63, 3.8) is 0 Å². The van der Waals surface area contributed by atoms with Crippen LogP contribution in [0.5, 0.6) is 0 Å². The number of aromatic nitrogens is 1.